The zero-order chi connectivity index (χ0) is 43.3. The fourth-order valence-electron chi connectivity index (χ4n) is 9.79. The summed E-state index contributed by atoms with van der Waals surface area (Å²) in [4.78, 5) is 16.1. The highest BCUT2D eigenvalue weighted by Gasteiger charge is 2.18. The number of hydrogen-bond acceptors (Lipinski definition) is 7. The van der Waals surface area contributed by atoms with Crippen molar-refractivity contribution < 1.29 is 13.3 Å². The third-order valence-corrected chi connectivity index (χ3v) is 13.0. The molecule has 6 heterocycles. The Hall–Kier alpha value is -9.07. The van der Waals surface area contributed by atoms with Crippen molar-refractivity contribution in [2.75, 3.05) is 4.90 Å². The molecule has 66 heavy (non-hydrogen) atoms. The van der Waals surface area contributed by atoms with Crippen LogP contribution in [0.1, 0.15) is 0 Å². The number of para-hydroxylation sites is 1. The van der Waals surface area contributed by atoms with Gasteiger partial charge in [-0.2, -0.15) is 0 Å². The normalized spacial score (nSPS) is 11.9. The van der Waals surface area contributed by atoms with Crippen LogP contribution in [0.4, 0.5) is 17.1 Å². The molecule has 0 unspecified atom stereocenters. The van der Waals surface area contributed by atoms with Crippen LogP contribution < -0.4 is 4.90 Å². The molecular formula is C59H34N4O3. The molecular weight excluding hydrogens is 813 g/mol. The minimum atomic E-state index is 0.655. The molecule has 0 aliphatic carbocycles. The van der Waals surface area contributed by atoms with Crippen LogP contribution in [0.5, 0.6) is 0 Å². The lowest BCUT2D eigenvalue weighted by molar-refractivity contribution is 0.654. The van der Waals surface area contributed by atoms with Gasteiger partial charge in [0, 0.05) is 68.1 Å². The number of hydrogen-bond donors (Lipinski definition) is 0. The molecule has 308 valence electrons. The average Bonchev–Trinajstić information content (AvgIpc) is 4.07. The molecule has 6 aromatic heterocycles. The van der Waals surface area contributed by atoms with E-state index in [1.807, 2.05) is 42.6 Å². The van der Waals surface area contributed by atoms with Crippen LogP contribution in [0.3, 0.4) is 0 Å². The summed E-state index contributed by atoms with van der Waals surface area (Å²) < 4.78 is 18.5. The minimum Gasteiger partial charge on any atom is -0.456 e. The monoisotopic (exact) mass is 846 g/mol. The van der Waals surface area contributed by atoms with Crippen molar-refractivity contribution in [2.24, 2.45) is 0 Å². The van der Waals surface area contributed by atoms with E-state index in [0.29, 0.717) is 11.4 Å². The maximum Gasteiger partial charge on any atom is 0.227 e. The second-order valence-electron chi connectivity index (χ2n) is 16.8. The number of benzene rings is 8. The predicted molar refractivity (Wildman–Crippen MR) is 268 cm³/mol. The molecule has 7 nitrogen and oxygen atoms in total. The summed E-state index contributed by atoms with van der Waals surface area (Å²) in [6.45, 7) is 0. The molecule has 0 aliphatic rings. The van der Waals surface area contributed by atoms with Gasteiger partial charge in [-0.1, -0.05) is 78.9 Å². The molecule has 0 atom stereocenters. The fraction of sp³-hybridized carbons (Fsp3) is 0. The topological polar surface area (TPSA) is 81.3 Å². The Morgan fingerprint density at radius 1 is 0.303 bits per heavy atom. The SMILES string of the molecule is c1ccc2c(c1)oc1ccnc(-c3ccc(N(c4ccc5cc(-c6ccc7c(c6)oc6ncccc67)ccc5c4)c4ccc5cc(-c6ccc7c(c6)oc6ncccc67)ccc5c4)cc3)c12. The van der Waals surface area contributed by atoms with Crippen LogP contribution in [0.2, 0.25) is 0 Å². The van der Waals surface area contributed by atoms with Crippen molar-refractivity contribution in [1.29, 1.82) is 0 Å². The molecule has 0 saturated carbocycles. The van der Waals surface area contributed by atoms with E-state index in [2.05, 4.69) is 167 Å². The Kier molecular flexibility index (Phi) is 7.85. The van der Waals surface area contributed by atoms with Crippen molar-refractivity contribution >= 4 is 105 Å². The Morgan fingerprint density at radius 2 is 0.803 bits per heavy atom. The number of nitrogens with zero attached hydrogens (tertiary/aromatic N) is 4. The van der Waals surface area contributed by atoms with E-state index in [4.69, 9.17) is 18.2 Å². The van der Waals surface area contributed by atoms with Gasteiger partial charge >= 0.3 is 0 Å². The minimum absolute atomic E-state index is 0.655. The molecule has 0 amide bonds. The van der Waals surface area contributed by atoms with Gasteiger partial charge in [-0.05, 0) is 153 Å². The maximum atomic E-state index is 6.22. The van der Waals surface area contributed by atoms with Gasteiger partial charge in [0.25, 0.3) is 0 Å². The summed E-state index contributed by atoms with van der Waals surface area (Å²) in [5.74, 6) is 0. The molecule has 0 spiro atoms. The molecule has 8 aromatic carbocycles. The molecule has 0 radical (unpaired) electrons. The Labute approximate surface area is 376 Å². The Bertz CT molecular complexity index is 4060. The Balaban J connectivity index is 0.858. The van der Waals surface area contributed by atoms with Crippen molar-refractivity contribution in [1.82, 2.24) is 15.0 Å². The molecule has 0 saturated heterocycles. The zero-order valence-electron chi connectivity index (χ0n) is 35.1. The van der Waals surface area contributed by atoms with Gasteiger partial charge < -0.3 is 18.2 Å². The van der Waals surface area contributed by atoms with E-state index >= 15 is 0 Å². The highest BCUT2D eigenvalue weighted by atomic mass is 16.3. The van der Waals surface area contributed by atoms with E-state index in [9.17, 15) is 0 Å². The first-order chi connectivity index (χ1) is 32.6. The van der Waals surface area contributed by atoms with E-state index in [1.54, 1.807) is 12.4 Å². The lowest BCUT2D eigenvalue weighted by Gasteiger charge is -2.26. The fourth-order valence-corrected chi connectivity index (χ4v) is 9.79. The largest absolute Gasteiger partial charge is 0.456 e. The summed E-state index contributed by atoms with van der Waals surface area (Å²) >= 11 is 0. The third-order valence-electron chi connectivity index (χ3n) is 13.0. The first kappa shape index (κ1) is 36.4. The summed E-state index contributed by atoms with van der Waals surface area (Å²) in [5.41, 5.74) is 14.1. The molecule has 14 aromatic rings. The predicted octanol–water partition coefficient (Wildman–Crippen LogP) is 16.3. The summed E-state index contributed by atoms with van der Waals surface area (Å²) in [7, 11) is 0. The lowest BCUT2D eigenvalue weighted by Crippen LogP contribution is -2.10. The van der Waals surface area contributed by atoms with Crippen LogP contribution in [0, 0.1) is 0 Å². The van der Waals surface area contributed by atoms with Crippen LogP contribution in [0.25, 0.3) is 121 Å². The van der Waals surface area contributed by atoms with Gasteiger partial charge in [-0.25, -0.2) is 9.97 Å². The van der Waals surface area contributed by atoms with Crippen molar-refractivity contribution in [3.8, 4) is 33.5 Å². The van der Waals surface area contributed by atoms with Gasteiger partial charge in [-0.15, -0.1) is 0 Å². The second-order valence-corrected chi connectivity index (χ2v) is 16.8. The van der Waals surface area contributed by atoms with E-state index in [-0.39, 0.29) is 0 Å². The zero-order valence-corrected chi connectivity index (χ0v) is 35.1. The molecule has 0 bridgehead atoms. The van der Waals surface area contributed by atoms with Gasteiger partial charge in [-0.3, -0.25) is 4.98 Å². The molecule has 7 heteroatoms. The third kappa shape index (κ3) is 5.80. The second kappa shape index (κ2) is 14.2. The van der Waals surface area contributed by atoms with Crippen LogP contribution in [-0.4, -0.2) is 15.0 Å². The number of fused-ring (bicyclic) bond motifs is 11. The van der Waals surface area contributed by atoms with Gasteiger partial charge in [0.1, 0.15) is 22.3 Å². The number of pyridine rings is 3. The van der Waals surface area contributed by atoms with Gasteiger partial charge in [0.2, 0.25) is 11.4 Å². The number of furan rings is 3. The molecule has 0 N–H and O–H groups in total. The summed E-state index contributed by atoms with van der Waals surface area (Å²) in [6, 6.07) is 66.3. The first-order valence-corrected chi connectivity index (χ1v) is 22.0. The van der Waals surface area contributed by atoms with Crippen molar-refractivity contribution in [2.45, 2.75) is 0 Å². The van der Waals surface area contributed by atoms with Crippen molar-refractivity contribution in [3.63, 3.8) is 0 Å². The highest BCUT2D eigenvalue weighted by Crippen LogP contribution is 2.42. The van der Waals surface area contributed by atoms with E-state index in [0.717, 1.165) is 127 Å². The summed E-state index contributed by atoms with van der Waals surface area (Å²) in [6.07, 6.45) is 5.35. The average molecular weight is 847 g/mol. The standard InChI is InChI=1S/C59H34N4O3/c1-2-8-52-51(5-1)56-53(64-52)25-28-60-57(56)35-13-19-44(20-14-35)63(45-21-15-38-29-36(9-11-40(38)31-45)42-17-23-47-49-6-3-26-61-58(49)65-54(47)33-42)46-22-16-39-30-37(10-12-41(39)32-46)43-18-24-48-50-7-4-27-62-59(50)66-55(48)34-43/h1-34H. The summed E-state index contributed by atoms with van der Waals surface area (Å²) in [5, 5.41) is 10.8. The number of anilines is 3. The van der Waals surface area contributed by atoms with Crippen LogP contribution in [-0.2, 0) is 0 Å². The van der Waals surface area contributed by atoms with Crippen molar-refractivity contribution in [3.05, 3.63) is 207 Å². The maximum absolute atomic E-state index is 6.22. The van der Waals surface area contributed by atoms with Gasteiger partial charge in [0.05, 0.1) is 11.1 Å². The molecule has 14 rings (SSSR count). The van der Waals surface area contributed by atoms with Crippen LogP contribution >= 0.6 is 0 Å². The van der Waals surface area contributed by atoms with E-state index in [1.165, 1.54) is 0 Å². The van der Waals surface area contributed by atoms with Crippen LogP contribution in [0.15, 0.2) is 220 Å². The van der Waals surface area contributed by atoms with E-state index < -0.39 is 0 Å². The Morgan fingerprint density at radius 3 is 1.42 bits per heavy atom. The number of aromatic nitrogens is 3. The lowest BCUT2D eigenvalue weighted by atomic mass is 9.98. The molecule has 0 aliphatic heterocycles. The quantitative estimate of drug-likeness (QED) is 0.165. The first-order valence-electron chi connectivity index (χ1n) is 22.0. The highest BCUT2D eigenvalue weighted by molar-refractivity contribution is 6.11. The molecule has 0 fully saturated rings. The number of rotatable bonds is 6. The smallest absolute Gasteiger partial charge is 0.227 e. The van der Waals surface area contributed by atoms with Gasteiger partial charge in [0.15, 0.2) is 0 Å².